The average molecular weight is 391 g/mol. The van der Waals surface area contributed by atoms with Crippen LogP contribution < -0.4 is 4.74 Å². The van der Waals surface area contributed by atoms with Crippen molar-refractivity contribution in [3.05, 3.63) is 29.1 Å². The van der Waals surface area contributed by atoms with E-state index in [0.29, 0.717) is 24.3 Å². The maximum atomic E-state index is 14.5. The minimum atomic E-state index is -0.611. The molecule has 1 aromatic rings. The second-order valence-corrected chi connectivity index (χ2v) is 8.22. The number of carbonyl (C=O) groups excluding carboxylic acids is 2. The molecule has 0 radical (unpaired) electrons. The summed E-state index contributed by atoms with van der Waals surface area (Å²) >= 11 is 0. The van der Waals surface area contributed by atoms with Crippen molar-refractivity contribution in [3.63, 3.8) is 0 Å². The summed E-state index contributed by atoms with van der Waals surface area (Å²) < 4.78 is 19.7. The fourth-order valence-corrected chi connectivity index (χ4v) is 4.22. The van der Waals surface area contributed by atoms with Gasteiger partial charge in [0.1, 0.15) is 0 Å². The number of halogens is 1. The van der Waals surface area contributed by atoms with Crippen LogP contribution in [-0.2, 0) is 4.79 Å². The van der Waals surface area contributed by atoms with Gasteiger partial charge in [0.2, 0.25) is 0 Å². The van der Waals surface area contributed by atoms with Crippen molar-refractivity contribution in [3.8, 4) is 5.75 Å². The summed E-state index contributed by atoms with van der Waals surface area (Å²) in [6, 6.07) is 2.94. The van der Waals surface area contributed by atoms with Gasteiger partial charge in [-0.25, -0.2) is 4.39 Å². The van der Waals surface area contributed by atoms with Gasteiger partial charge in [0.05, 0.1) is 0 Å². The van der Waals surface area contributed by atoms with Crippen LogP contribution in [0.25, 0.3) is 0 Å². The van der Waals surface area contributed by atoms with Crippen LogP contribution in [-0.4, -0.2) is 11.8 Å². The summed E-state index contributed by atoms with van der Waals surface area (Å²) in [5.74, 6) is 0.245. The van der Waals surface area contributed by atoms with Gasteiger partial charge < -0.3 is 4.74 Å². The Morgan fingerprint density at radius 2 is 1.68 bits per heavy atom. The largest absolute Gasteiger partial charge is 0.423 e. The monoisotopic (exact) mass is 390 g/mol. The molecule has 1 aliphatic carbocycles. The lowest BCUT2D eigenvalue weighted by atomic mass is 9.78. The Balaban J connectivity index is 1.78. The van der Waals surface area contributed by atoms with Crippen LogP contribution in [0, 0.1) is 24.6 Å². The molecule has 0 aromatic heterocycles. The fourth-order valence-electron chi connectivity index (χ4n) is 4.22. The van der Waals surface area contributed by atoms with Gasteiger partial charge in [-0.05, 0) is 42.9 Å². The van der Waals surface area contributed by atoms with Crippen LogP contribution in [0.1, 0.15) is 100 Å². The van der Waals surface area contributed by atoms with E-state index in [-0.39, 0.29) is 17.1 Å². The number of hydrogen-bond donors (Lipinski definition) is 0. The number of benzene rings is 1. The van der Waals surface area contributed by atoms with Crippen LogP contribution in [0.5, 0.6) is 5.75 Å². The highest BCUT2D eigenvalue weighted by Gasteiger charge is 2.22. The quantitative estimate of drug-likeness (QED) is 0.191. The third kappa shape index (κ3) is 6.42. The first-order valence-electron chi connectivity index (χ1n) is 11.0. The van der Waals surface area contributed by atoms with E-state index in [1.54, 1.807) is 19.9 Å². The molecule has 0 saturated heterocycles. The van der Waals surface area contributed by atoms with Crippen molar-refractivity contribution >= 4 is 11.8 Å². The third-order valence-corrected chi connectivity index (χ3v) is 6.14. The van der Waals surface area contributed by atoms with E-state index in [2.05, 4.69) is 6.92 Å². The maximum absolute atomic E-state index is 14.5. The first-order chi connectivity index (χ1) is 13.5. The van der Waals surface area contributed by atoms with Crippen LogP contribution >= 0.6 is 0 Å². The van der Waals surface area contributed by atoms with Crippen LogP contribution in [0.15, 0.2) is 12.1 Å². The van der Waals surface area contributed by atoms with Gasteiger partial charge in [-0.15, -0.1) is 0 Å². The molecular weight excluding hydrogens is 355 g/mol. The van der Waals surface area contributed by atoms with Crippen molar-refractivity contribution in [1.29, 1.82) is 0 Å². The number of carbonyl (C=O) groups is 2. The molecule has 4 heteroatoms. The third-order valence-electron chi connectivity index (χ3n) is 6.14. The van der Waals surface area contributed by atoms with E-state index in [4.69, 9.17) is 4.74 Å². The number of hydrogen-bond acceptors (Lipinski definition) is 3. The van der Waals surface area contributed by atoms with Gasteiger partial charge in [-0.3, -0.25) is 9.59 Å². The molecule has 2 rings (SSSR count). The standard InChI is InChI=1S/C24H35FO3/c1-4-6-7-8-18-9-11-19(12-10-18)13-16-23(27)28-22-15-14-20(21(26)5-2)17(3)24(22)25/h14-15,18-19H,4-13,16H2,1-3H3. The number of ether oxygens (including phenoxy) is 1. The predicted octanol–water partition coefficient (Wildman–Crippen LogP) is 6.80. The number of unbranched alkanes of at least 4 members (excludes halogenated alkanes) is 2. The molecule has 0 unspecified atom stereocenters. The summed E-state index contributed by atoms with van der Waals surface area (Å²) in [4.78, 5) is 24.0. The zero-order valence-electron chi connectivity index (χ0n) is 17.7. The topological polar surface area (TPSA) is 43.4 Å². The molecular formula is C24H35FO3. The molecule has 1 saturated carbocycles. The zero-order chi connectivity index (χ0) is 20.5. The second-order valence-electron chi connectivity index (χ2n) is 8.22. The summed E-state index contributed by atoms with van der Waals surface area (Å²) in [6.45, 7) is 5.53. The van der Waals surface area contributed by atoms with Crippen LogP contribution in [0.2, 0.25) is 0 Å². The lowest BCUT2D eigenvalue weighted by Gasteiger charge is -2.28. The summed E-state index contributed by atoms with van der Waals surface area (Å²) in [6.07, 6.45) is 11.6. The molecule has 0 bridgehead atoms. The normalized spacial score (nSPS) is 19.4. The van der Waals surface area contributed by atoms with Gasteiger partial charge in [-0.1, -0.05) is 65.2 Å². The minimum Gasteiger partial charge on any atom is -0.423 e. The van der Waals surface area contributed by atoms with Crippen LogP contribution in [0.3, 0.4) is 0 Å². The van der Waals surface area contributed by atoms with Gasteiger partial charge >= 0.3 is 5.97 Å². The Morgan fingerprint density at radius 3 is 2.29 bits per heavy atom. The van der Waals surface area contributed by atoms with E-state index >= 15 is 0 Å². The Kier molecular flexibility index (Phi) is 9.14. The fraction of sp³-hybridized carbons (Fsp3) is 0.667. The van der Waals surface area contributed by atoms with Gasteiger partial charge in [-0.2, -0.15) is 0 Å². The highest BCUT2D eigenvalue weighted by Crippen LogP contribution is 2.34. The predicted molar refractivity (Wildman–Crippen MR) is 110 cm³/mol. The first kappa shape index (κ1) is 22.6. The smallest absolute Gasteiger partial charge is 0.311 e. The van der Waals surface area contributed by atoms with E-state index in [0.717, 1.165) is 12.3 Å². The Labute approximate surface area is 169 Å². The molecule has 3 nitrogen and oxygen atoms in total. The Bertz CT molecular complexity index is 660. The van der Waals surface area contributed by atoms with E-state index in [9.17, 15) is 14.0 Å². The van der Waals surface area contributed by atoms with Crippen molar-refractivity contribution in [1.82, 2.24) is 0 Å². The SMILES string of the molecule is CCCCCC1CCC(CCC(=O)Oc2ccc(C(=O)CC)c(C)c2F)CC1. The van der Waals surface area contributed by atoms with Crippen molar-refractivity contribution in [2.24, 2.45) is 11.8 Å². The molecule has 156 valence electrons. The summed E-state index contributed by atoms with van der Waals surface area (Å²) in [5.41, 5.74) is 0.606. The van der Waals surface area contributed by atoms with Gasteiger partial charge in [0, 0.05) is 18.4 Å². The maximum Gasteiger partial charge on any atom is 0.311 e. The number of Topliss-reactive ketones (excluding diaryl/α,β-unsaturated/α-hetero) is 1. The average Bonchev–Trinajstić information content (AvgIpc) is 2.70. The lowest BCUT2D eigenvalue weighted by Crippen LogP contribution is -2.17. The highest BCUT2D eigenvalue weighted by molar-refractivity contribution is 5.97. The summed E-state index contributed by atoms with van der Waals surface area (Å²) in [5, 5.41) is 0. The molecule has 0 amide bonds. The van der Waals surface area contributed by atoms with Crippen molar-refractivity contribution in [2.75, 3.05) is 0 Å². The summed E-state index contributed by atoms with van der Waals surface area (Å²) in [7, 11) is 0. The molecule has 0 spiro atoms. The first-order valence-corrected chi connectivity index (χ1v) is 11.0. The molecule has 0 aliphatic heterocycles. The van der Waals surface area contributed by atoms with Gasteiger partial charge in [0.25, 0.3) is 0 Å². The minimum absolute atomic E-state index is 0.0743. The Morgan fingerprint density at radius 1 is 1.04 bits per heavy atom. The number of esters is 1. The molecule has 1 aliphatic rings. The van der Waals surface area contributed by atoms with E-state index < -0.39 is 11.8 Å². The molecule has 1 aromatic carbocycles. The molecule has 0 atom stereocenters. The molecule has 28 heavy (non-hydrogen) atoms. The Hall–Kier alpha value is -1.71. The van der Waals surface area contributed by atoms with Crippen molar-refractivity contribution in [2.45, 2.75) is 91.4 Å². The molecule has 1 fully saturated rings. The van der Waals surface area contributed by atoms with Crippen molar-refractivity contribution < 1.29 is 18.7 Å². The zero-order valence-corrected chi connectivity index (χ0v) is 17.7. The van der Waals surface area contributed by atoms with Crippen LogP contribution in [0.4, 0.5) is 4.39 Å². The van der Waals surface area contributed by atoms with Gasteiger partial charge in [0.15, 0.2) is 17.3 Å². The second kappa shape index (κ2) is 11.3. The number of rotatable bonds is 10. The van der Waals surface area contributed by atoms with E-state index in [1.807, 2.05) is 0 Å². The molecule has 0 heterocycles. The molecule has 0 N–H and O–H groups in total. The highest BCUT2D eigenvalue weighted by atomic mass is 19.1. The lowest BCUT2D eigenvalue weighted by molar-refractivity contribution is -0.135. The number of ketones is 1. The van der Waals surface area contributed by atoms with E-state index in [1.165, 1.54) is 57.4 Å².